The fraction of sp³-hybridized carbons (Fsp3) is 0.227. The lowest BCUT2D eigenvalue weighted by Crippen LogP contribution is -2.29. The van der Waals surface area contributed by atoms with Crippen LogP contribution < -0.4 is 16.2 Å². The minimum absolute atomic E-state index is 0.0378. The first kappa shape index (κ1) is 24.7. The number of nitrogens with one attached hydrogen (secondary N) is 2. The zero-order valence-corrected chi connectivity index (χ0v) is 19.5. The van der Waals surface area contributed by atoms with E-state index in [1.54, 1.807) is 18.2 Å². The quantitative estimate of drug-likeness (QED) is 0.439. The zero-order chi connectivity index (χ0) is 24.3. The Morgan fingerprint density at radius 2 is 1.85 bits per heavy atom. The molecule has 0 saturated heterocycles. The van der Waals surface area contributed by atoms with Crippen molar-refractivity contribution >= 4 is 40.6 Å². The molecule has 0 radical (unpaired) electrons. The lowest BCUT2D eigenvalue weighted by Gasteiger charge is -2.18. The molecule has 0 bridgehead atoms. The van der Waals surface area contributed by atoms with Crippen molar-refractivity contribution in [1.82, 2.24) is 9.55 Å². The van der Waals surface area contributed by atoms with Gasteiger partial charge in [-0.15, -0.1) is 11.8 Å². The average Bonchev–Trinajstić information content (AvgIpc) is 2.76. The van der Waals surface area contributed by atoms with Crippen molar-refractivity contribution in [2.24, 2.45) is 7.05 Å². The van der Waals surface area contributed by atoms with Gasteiger partial charge in [-0.2, -0.15) is 13.2 Å². The predicted octanol–water partition coefficient (Wildman–Crippen LogP) is 5.53. The van der Waals surface area contributed by atoms with Crippen LogP contribution in [0.4, 0.5) is 24.5 Å². The predicted molar refractivity (Wildman–Crippen MR) is 125 cm³/mol. The van der Waals surface area contributed by atoms with E-state index in [1.807, 2.05) is 19.1 Å². The minimum atomic E-state index is -4.78. The van der Waals surface area contributed by atoms with Gasteiger partial charge < -0.3 is 15.2 Å². The van der Waals surface area contributed by atoms with Crippen molar-refractivity contribution < 1.29 is 18.0 Å². The maximum atomic E-state index is 13.4. The first-order valence-corrected chi connectivity index (χ1v) is 11.1. The van der Waals surface area contributed by atoms with Gasteiger partial charge in [-0.05, 0) is 35.6 Å². The number of carbonyl (C=O) groups is 1. The van der Waals surface area contributed by atoms with Crippen molar-refractivity contribution in [3.63, 3.8) is 0 Å². The highest BCUT2D eigenvalue weighted by Gasteiger charge is 2.35. The number of anilines is 2. The molecule has 6 nitrogen and oxygen atoms in total. The molecule has 174 valence electrons. The number of aromatic nitrogens is 2. The molecular formula is C22H20ClF3N4O2S. The molecule has 0 unspecified atom stereocenters. The molecule has 0 saturated carbocycles. The van der Waals surface area contributed by atoms with Gasteiger partial charge in [-0.25, -0.2) is 4.98 Å². The standard InChI is InChI=1S/C22H20ClF3N4O2S/c1-4-33-16-9-13(12-5-7-14(23)8-6-12)11-28-19(16)20(31)29-15-10-17(22(24,25)26)30(3)21(32)18(15)27-2/h5-11,27H,4H2,1-3H3,(H,29,31). The summed E-state index contributed by atoms with van der Waals surface area (Å²) in [6, 6.07) is 9.60. The first-order chi connectivity index (χ1) is 15.6. The fourth-order valence-electron chi connectivity index (χ4n) is 3.17. The smallest absolute Gasteiger partial charge is 0.382 e. The number of alkyl halides is 3. The van der Waals surface area contributed by atoms with Crippen LogP contribution in [-0.2, 0) is 13.2 Å². The second-order valence-corrected chi connectivity index (χ2v) is 8.64. The van der Waals surface area contributed by atoms with Gasteiger partial charge >= 0.3 is 6.18 Å². The van der Waals surface area contributed by atoms with Crippen LogP contribution in [0.25, 0.3) is 11.1 Å². The molecule has 33 heavy (non-hydrogen) atoms. The number of amides is 1. The van der Waals surface area contributed by atoms with E-state index in [0.717, 1.165) is 24.2 Å². The van der Waals surface area contributed by atoms with E-state index in [-0.39, 0.29) is 17.1 Å². The van der Waals surface area contributed by atoms with Crippen LogP contribution in [0, 0.1) is 0 Å². The number of hydrogen-bond donors (Lipinski definition) is 2. The van der Waals surface area contributed by atoms with Gasteiger partial charge in [0.1, 0.15) is 17.1 Å². The molecule has 0 aliphatic rings. The topological polar surface area (TPSA) is 76.0 Å². The maximum Gasteiger partial charge on any atom is 0.431 e. The van der Waals surface area contributed by atoms with Crippen molar-refractivity contribution in [3.8, 4) is 11.1 Å². The van der Waals surface area contributed by atoms with Crippen LogP contribution in [0.15, 0.2) is 52.3 Å². The Morgan fingerprint density at radius 1 is 1.18 bits per heavy atom. The second kappa shape index (κ2) is 9.88. The molecule has 3 rings (SSSR count). The second-order valence-electron chi connectivity index (χ2n) is 6.89. The minimum Gasteiger partial charge on any atom is -0.382 e. The van der Waals surface area contributed by atoms with Crippen molar-refractivity contribution in [3.05, 3.63) is 69.4 Å². The molecule has 0 atom stereocenters. The normalized spacial score (nSPS) is 11.4. The molecule has 1 aromatic carbocycles. The van der Waals surface area contributed by atoms with E-state index in [9.17, 15) is 22.8 Å². The molecule has 2 N–H and O–H groups in total. The van der Waals surface area contributed by atoms with Crippen LogP contribution in [0.2, 0.25) is 5.02 Å². The van der Waals surface area contributed by atoms with Gasteiger partial charge in [-0.1, -0.05) is 30.7 Å². The lowest BCUT2D eigenvalue weighted by molar-refractivity contribution is -0.143. The van der Waals surface area contributed by atoms with E-state index in [0.29, 0.717) is 20.2 Å². The van der Waals surface area contributed by atoms with Crippen LogP contribution in [0.5, 0.6) is 0 Å². The Balaban J connectivity index is 2.03. The molecule has 2 aromatic heterocycles. The molecule has 0 fully saturated rings. The Hall–Kier alpha value is -2.98. The number of hydrogen-bond acceptors (Lipinski definition) is 5. The summed E-state index contributed by atoms with van der Waals surface area (Å²) in [5.74, 6) is -0.0933. The summed E-state index contributed by atoms with van der Waals surface area (Å²) < 4.78 is 40.6. The van der Waals surface area contributed by atoms with Gasteiger partial charge in [0.25, 0.3) is 11.5 Å². The molecule has 3 aromatic rings. The Labute approximate surface area is 197 Å². The van der Waals surface area contributed by atoms with Crippen molar-refractivity contribution in [2.75, 3.05) is 23.4 Å². The molecule has 1 amide bonds. The SMILES string of the molecule is CCSc1cc(-c2ccc(Cl)cc2)cnc1C(=O)Nc1cc(C(F)(F)F)n(C)c(=O)c1NC. The number of rotatable bonds is 6. The van der Waals surface area contributed by atoms with Gasteiger partial charge in [0.05, 0.1) is 5.69 Å². The Morgan fingerprint density at radius 3 is 2.42 bits per heavy atom. The summed E-state index contributed by atoms with van der Waals surface area (Å²) in [5.41, 5.74) is -0.919. The third-order valence-electron chi connectivity index (χ3n) is 4.76. The largest absolute Gasteiger partial charge is 0.431 e. The Bertz CT molecular complexity index is 1240. The third-order valence-corrected chi connectivity index (χ3v) is 5.93. The number of pyridine rings is 2. The molecule has 0 aliphatic heterocycles. The van der Waals surface area contributed by atoms with E-state index in [2.05, 4.69) is 15.6 Å². The number of benzene rings is 1. The Kier molecular flexibility index (Phi) is 7.38. The molecule has 0 spiro atoms. The number of nitrogens with zero attached hydrogens (tertiary/aromatic N) is 2. The van der Waals surface area contributed by atoms with Crippen LogP contribution in [0.1, 0.15) is 23.1 Å². The van der Waals surface area contributed by atoms with Gasteiger partial charge in [0, 0.05) is 35.8 Å². The zero-order valence-electron chi connectivity index (χ0n) is 17.9. The average molecular weight is 497 g/mol. The van der Waals surface area contributed by atoms with E-state index in [4.69, 9.17) is 11.6 Å². The monoisotopic (exact) mass is 496 g/mol. The summed E-state index contributed by atoms with van der Waals surface area (Å²) in [5, 5.41) is 5.56. The number of carbonyl (C=O) groups excluding carboxylic acids is 1. The summed E-state index contributed by atoms with van der Waals surface area (Å²) >= 11 is 7.30. The molecule has 0 aliphatic carbocycles. The lowest BCUT2D eigenvalue weighted by atomic mass is 10.1. The molecular weight excluding hydrogens is 477 g/mol. The first-order valence-electron chi connectivity index (χ1n) is 9.76. The highest BCUT2D eigenvalue weighted by Crippen LogP contribution is 2.33. The highest BCUT2D eigenvalue weighted by atomic mass is 35.5. The van der Waals surface area contributed by atoms with Gasteiger partial charge in [-0.3, -0.25) is 9.59 Å². The summed E-state index contributed by atoms with van der Waals surface area (Å²) in [6.45, 7) is 1.90. The van der Waals surface area contributed by atoms with Gasteiger partial charge in [0.15, 0.2) is 0 Å². The number of thioether (sulfide) groups is 1. The summed E-state index contributed by atoms with van der Waals surface area (Å²) in [4.78, 5) is 30.2. The maximum absolute atomic E-state index is 13.4. The van der Waals surface area contributed by atoms with E-state index < -0.39 is 23.3 Å². The molecule has 11 heteroatoms. The van der Waals surface area contributed by atoms with Crippen LogP contribution in [0.3, 0.4) is 0 Å². The van der Waals surface area contributed by atoms with Crippen molar-refractivity contribution in [2.45, 2.75) is 18.0 Å². The van der Waals surface area contributed by atoms with Crippen molar-refractivity contribution in [1.29, 1.82) is 0 Å². The fourth-order valence-corrected chi connectivity index (χ4v) is 4.10. The van der Waals surface area contributed by atoms with E-state index in [1.165, 1.54) is 25.0 Å². The highest BCUT2D eigenvalue weighted by molar-refractivity contribution is 7.99. The van der Waals surface area contributed by atoms with E-state index >= 15 is 0 Å². The summed E-state index contributed by atoms with van der Waals surface area (Å²) in [6.07, 6.45) is -3.27. The number of halogens is 4. The third kappa shape index (κ3) is 5.33. The summed E-state index contributed by atoms with van der Waals surface area (Å²) in [7, 11) is 2.40. The van der Waals surface area contributed by atoms with Crippen LogP contribution >= 0.6 is 23.4 Å². The van der Waals surface area contributed by atoms with Crippen LogP contribution in [-0.4, -0.2) is 28.3 Å². The van der Waals surface area contributed by atoms with Gasteiger partial charge in [0.2, 0.25) is 0 Å². The molecule has 2 heterocycles.